The molecule has 0 amide bonds. The molecule has 1 saturated heterocycles. The van der Waals surface area contributed by atoms with Crippen molar-refractivity contribution in [3.63, 3.8) is 0 Å². The first-order valence-corrected chi connectivity index (χ1v) is 7.12. The second kappa shape index (κ2) is 5.87. The molecule has 3 unspecified atom stereocenters. The Hall–Kier alpha value is -0.540. The monoisotopic (exact) mass is 298 g/mol. The quantitative estimate of drug-likeness (QED) is 0.784. The lowest BCUT2D eigenvalue weighted by atomic mass is 9.94. The number of halogens is 1. The van der Waals surface area contributed by atoms with E-state index < -0.39 is 0 Å². The average molecular weight is 299 g/mol. The van der Waals surface area contributed by atoms with Crippen molar-refractivity contribution in [1.29, 1.82) is 0 Å². The van der Waals surface area contributed by atoms with Crippen LogP contribution in [0.1, 0.15) is 30.7 Å². The van der Waals surface area contributed by atoms with E-state index in [4.69, 9.17) is 9.47 Å². The van der Waals surface area contributed by atoms with Crippen LogP contribution < -0.4 is 4.74 Å². The van der Waals surface area contributed by atoms with E-state index in [1.165, 1.54) is 5.56 Å². The van der Waals surface area contributed by atoms with E-state index in [2.05, 4.69) is 35.0 Å². The van der Waals surface area contributed by atoms with Gasteiger partial charge in [-0.15, -0.1) is 0 Å². The first-order chi connectivity index (χ1) is 8.22. The van der Waals surface area contributed by atoms with E-state index in [-0.39, 0.29) is 0 Å². The van der Waals surface area contributed by atoms with Crippen LogP contribution in [0.25, 0.3) is 0 Å². The summed E-state index contributed by atoms with van der Waals surface area (Å²) in [7, 11) is 0. The lowest BCUT2D eigenvalue weighted by molar-refractivity contribution is 0.105. The van der Waals surface area contributed by atoms with Crippen molar-refractivity contribution < 1.29 is 9.47 Å². The summed E-state index contributed by atoms with van der Waals surface area (Å²) in [5.74, 6) is 1.50. The average Bonchev–Trinajstić information content (AvgIpc) is 2.76. The van der Waals surface area contributed by atoms with Crippen molar-refractivity contribution in [1.82, 2.24) is 0 Å². The van der Waals surface area contributed by atoms with Gasteiger partial charge in [0.15, 0.2) is 0 Å². The van der Waals surface area contributed by atoms with Crippen LogP contribution in [0.5, 0.6) is 5.75 Å². The molecule has 1 aromatic rings. The lowest BCUT2D eigenvalue weighted by Gasteiger charge is -2.21. The molecule has 0 aromatic heterocycles. The molecule has 0 spiro atoms. The van der Waals surface area contributed by atoms with Crippen LogP contribution in [0.15, 0.2) is 24.3 Å². The summed E-state index contributed by atoms with van der Waals surface area (Å²) in [6.07, 6.45) is 1.47. The van der Waals surface area contributed by atoms with Crippen LogP contribution >= 0.6 is 15.9 Å². The van der Waals surface area contributed by atoms with Gasteiger partial charge >= 0.3 is 0 Å². The third kappa shape index (κ3) is 3.02. The Morgan fingerprint density at radius 1 is 1.41 bits per heavy atom. The van der Waals surface area contributed by atoms with E-state index in [9.17, 15) is 0 Å². The molecule has 1 aromatic carbocycles. The van der Waals surface area contributed by atoms with Gasteiger partial charge in [-0.2, -0.15) is 0 Å². The van der Waals surface area contributed by atoms with Crippen LogP contribution in [0, 0.1) is 5.92 Å². The highest BCUT2D eigenvalue weighted by atomic mass is 79.9. The minimum Gasteiger partial charge on any atom is -0.494 e. The molecule has 1 aliphatic heterocycles. The standard InChI is InChI=1S/C14H19BrO2/c1-3-16-12-6-4-11(5-7-12)14(15)13-8-9-17-10(13)2/h4-7,10,13-14H,3,8-9H2,1-2H3. The third-order valence-electron chi connectivity index (χ3n) is 3.32. The highest BCUT2D eigenvalue weighted by Gasteiger charge is 2.31. The van der Waals surface area contributed by atoms with Gasteiger partial charge in [0.05, 0.1) is 12.7 Å². The number of hydrogen-bond donors (Lipinski definition) is 0. The Labute approximate surface area is 111 Å². The molecular weight excluding hydrogens is 280 g/mol. The Kier molecular flexibility index (Phi) is 4.46. The van der Waals surface area contributed by atoms with Gasteiger partial charge in [0.1, 0.15) is 5.75 Å². The zero-order valence-electron chi connectivity index (χ0n) is 10.4. The second-order valence-corrected chi connectivity index (χ2v) is 5.42. The highest BCUT2D eigenvalue weighted by Crippen LogP contribution is 2.39. The molecule has 17 heavy (non-hydrogen) atoms. The zero-order valence-corrected chi connectivity index (χ0v) is 11.9. The number of alkyl halides is 1. The van der Waals surface area contributed by atoms with Gasteiger partial charge in [0.2, 0.25) is 0 Å². The number of hydrogen-bond acceptors (Lipinski definition) is 2. The normalized spacial score (nSPS) is 25.8. The van der Waals surface area contributed by atoms with Crippen LogP contribution in [0.4, 0.5) is 0 Å². The molecule has 0 aliphatic carbocycles. The summed E-state index contributed by atoms with van der Waals surface area (Å²) in [4.78, 5) is 0.371. The number of ether oxygens (including phenoxy) is 2. The fourth-order valence-electron chi connectivity index (χ4n) is 2.29. The Bertz CT molecular complexity index is 350. The topological polar surface area (TPSA) is 18.5 Å². The summed E-state index contributed by atoms with van der Waals surface area (Å²) < 4.78 is 11.1. The summed E-state index contributed by atoms with van der Waals surface area (Å²) in [5.41, 5.74) is 1.30. The molecule has 0 saturated carbocycles. The van der Waals surface area contributed by atoms with E-state index in [1.54, 1.807) is 0 Å². The van der Waals surface area contributed by atoms with Crippen LogP contribution in [-0.2, 0) is 4.74 Å². The second-order valence-electron chi connectivity index (χ2n) is 4.43. The number of rotatable bonds is 4. The maximum absolute atomic E-state index is 5.62. The fourth-order valence-corrected chi connectivity index (χ4v) is 3.29. The SMILES string of the molecule is CCOc1ccc(C(Br)C2CCOC2C)cc1. The highest BCUT2D eigenvalue weighted by molar-refractivity contribution is 9.09. The summed E-state index contributed by atoms with van der Waals surface area (Å²) in [6.45, 7) is 5.74. The zero-order chi connectivity index (χ0) is 12.3. The molecule has 1 fully saturated rings. The molecule has 0 N–H and O–H groups in total. The lowest BCUT2D eigenvalue weighted by Crippen LogP contribution is -2.16. The Morgan fingerprint density at radius 2 is 2.12 bits per heavy atom. The van der Waals surface area contributed by atoms with Gasteiger partial charge in [-0.25, -0.2) is 0 Å². The smallest absolute Gasteiger partial charge is 0.119 e. The van der Waals surface area contributed by atoms with E-state index >= 15 is 0 Å². The largest absolute Gasteiger partial charge is 0.494 e. The first kappa shape index (κ1) is 12.9. The molecule has 3 atom stereocenters. The number of benzene rings is 1. The predicted molar refractivity (Wildman–Crippen MR) is 72.8 cm³/mol. The molecule has 94 valence electrons. The predicted octanol–water partition coefficient (Wildman–Crippen LogP) is 3.95. The van der Waals surface area contributed by atoms with Crippen LogP contribution in [-0.4, -0.2) is 19.3 Å². The van der Waals surface area contributed by atoms with Crippen LogP contribution in [0.3, 0.4) is 0 Å². The van der Waals surface area contributed by atoms with Gasteiger partial charge in [0, 0.05) is 17.4 Å². The van der Waals surface area contributed by atoms with E-state index in [1.807, 2.05) is 19.1 Å². The van der Waals surface area contributed by atoms with Gasteiger partial charge in [0.25, 0.3) is 0 Å². The van der Waals surface area contributed by atoms with Gasteiger partial charge < -0.3 is 9.47 Å². The Balaban J connectivity index is 2.05. The van der Waals surface area contributed by atoms with Crippen molar-refractivity contribution in [2.75, 3.05) is 13.2 Å². The summed E-state index contributed by atoms with van der Waals surface area (Å²) in [5, 5.41) is 0. The first-order valence-electron chi connectivity index (χ1n) is 6.20. The van der Waals surface area contributed by atoms with Crippen molar-refractivity contribution >= 4 is 15.9 Å². The summed E-state index contributed by atoms with van der Waals surface area (Å²) in [6, 6.07) is 8.34. The van der Waals surface area contributed by atoms with Crippen molar-refractivity contribution in [3.8, 4) is 5.75 Å². The molecule has 2 rings (SSSR count). The van der Waals surface area contributed by atoms with Crippen LogP contribution in [0.2, 0.25) is 0 Å². The molecule has 0 bridgehead atoms. The minimum absolute atomic E-state index is 0.339. The van der Waals surface area contributed by atoms with Crippen molar-refractivity contribution in [2.45, 2.75) is 31.2 Å². The molecule has 0 radical (unpaired) electrons. The minimum atomic E-state index is 0.339. The molecule has 3 heteroatoms. The summed E-state index contributed by atoms with van der Waals surface area (Å²) >= 11 is 3.80. The van der Waals surface area contributed by atoms with Gasteiger partial charge in [-0.1, -0.05) is 28.1 Å². The maximum Gasteiger partial charge on any atom is 0.119 e. The van der Waals surface area contributed by atoms with Gasteiger partial charge in [-0.3, -0.25) is 0 Å². The van der Waals surface area contributed by atoms with E-state index in [0.717, 1.165) is 18.8 Å². The Morgan fingerprint density at radius 3 is 2.65 bits per heavy atom. The molecule has 1 heterocycles. The molecular formula is C14H19BrO2. The van der Waals surface area contributed by atoms with Gasteiger partial charge in [-0.05, 0) is 38.0 Å². The van der Waals surface area contributed by atoms with Crippen molar-refractivity contribution in [2.24, 2.45) is 5.92 Å². The third-order valence-corrected chi connectivity index (χ3v) is 4.53. The molecule has 2 nitrogen and oxygen atoms in total. The fraction of sp³-hybridized carbons (Fsp3) is 0.571. The molecule has 1 aliphatic rings. The van der Waals surface area contributed by atoms with Crippen molar-refractivity contribution in [3.05, 3.63) is 29.8 Å². The maximum atomic E-state index is 5.62. The van der Waals surface area contributed by atoms with E-state index in [0.29, 0.717) is 23.5 Å².